The molecule has 124 valence electrons. The van der Waals surface area contributed by atoms with E-state index in [1.807, 2.05) is 23.1 Å². The molecule has 0 aliphatic carbocycles. The van der Waals surface area contributed by atoms with E-state index in [0.717, 1.165) is 13.1 Å². The number of ether oxygens (including phenoxy) is 1. The quantitative estimate of drug-likeness (QED) is 0.758. The summed E-state index contributed by atoms with van der Waals surface area (Å²) in [5, 5.41) is 0.129. The zero-order valence-corrected chi connectivity index (χ0v) is 15.6. The molecule has 1 aromatic carbocycles. The van der Waals surface area contributed by atoms with Crippen LogP contribution in [0.3, 0.4) is 0 Å². The number of benzene rings is 1. The number of nitrogens with zero attached hydrogens (tertiary/aromatic N) is 1. The lowest BCUT2D eigenvalue weighted by Gasteiger charge is -2.40. The largest absolute Gasteiger partial charge is 0.412 e. The Balaban J connectivity index is 2.07. The lowest BCUT2D eigenvalue weighted by atomic mass is 10.1. The van der Waals surface area contributed by atoms with Crippen LogP contribution in [0.15, 0.2) is 18.2 Å². The highest BCUT2D eigenvalue weighted by atomic mass is 28.4. The van der Waals surface area contributed by atoms with Crippen LogP contribution in [0.1, 0.15) is 26.3 Å². The fourth-order valence-corrected chi connectivity index (χ4v) is 3.13. The van der Waals surface area contributed by atoms with Gasteiger partial charge in [0, 0.05) is 25.8 Å². The van der Waals surface area contributed by atoms with Crippen molar-refractivity contribution in [1.82, 2.24) is 0 Å². The maximum atomic E-state index is 14.7. The Morgan fingerprint density at radius 2 is 1.91 bits per heavy atom. The highest BCUT2D eigenvalue weighted by molar-refractivity contribution is 6.74. The Bertz CT molecular complexity index is 522. The molecule has 1 fully saturated rings. The van der Waals surface area contributed by atoms with Gasteiger partial charge in [-0.2, -0.15) is 0 Å². The number of halogens is 1. The summed E-state index contributed by atoms with van der Waals surface area (Å²) in [5.74, 6) is -0.157. The molecular formula is C17H28FNO2Si. The van der Waals surface area contributed by atoms with Crippen LogP contribution < -0.4 is 4.90 Å². The van der Waals surface area contributed by atoms with Gasteiger partial charge in [0.2, 0.25) is 0 Å². The Hall–Kier alpha value is -0.913. The summed E-state index contributed by atoms with van der Waals surface area (Å²) < 4.78 is 26.1. The van der Waals surface area contributed by atoms with Crippen molar-refractivity contribution in [3.05, 3.63) is 29.6 Å². The second-order valence-electron chi connectivity index (χ2n) is 7.56. The first-order valence-electron chi connectivity index (χ1n) is 7.85. The minimum Gasteiger partial charge on any atom is -0.412 e. The molecule has 2 rings (SSSR count). The second-order valence-corrected chi connectivity index (χ2v) is 12.4. The second kappa shape index (κ2) is 6.30. The van der Waals surface area contributed by atoms with Crippen LogP contribution in [0.4, 0.5) is 10.1 Å². The SMILES string of the molecule is COC1CN(c2cccc(CO[Si](C)(C)C(C)(C)C)c2F)C1. The molecule has 0 bridgehead atoms. The standard InChI is InChI=1S/C17H28FNO2Si/c1-17(2,3)22(5,6)21-12-13-8-7-9-15(16(13)18)19-10-14(11-19)20-4/h7-9,14H,10-12H2,1-6H3. The minimum absolute atomic E-state index is 0.129. The third kappa shape index (κ3) is 3.53. The molecule has 1 aromatic rings. The molecule has 0 amide bonds. The third-order valence-electron chi connectivity index (χ3n) is 4.98. The van der Waals surface area contributed by atoms with Crippen LogP contribution in [-0.2, 0) is 15.8 Å². The topological polar surface area (TPSA) is 21.7 Å². The monoisotopic (exact) mass is 325 g/mol. The molecule has 1 aliphatic rings. The van der Waals surface area contributed by atoms with E-state index < -0.39 is 8.32 Å². The minimum atomic E-state index is -1.87. The first-order valence-corrected chi connectivity index (χ1v) is 10.8. The number of rotatable bonds is 5. The lowest BCUT2D eigenvalue weighted by molar-refractivity contribution is 0.0783. The van der Waals surface area contributed by atoms with Gasteiger partial charge in [0.1, 0.15) is 0 Å². The third-order valence-corrected chi connectivity index (χ3v) is 9.45. The molecule has 0 aromatic heterocycles. The fraction of sp³-hybridized carbons (Fsp3) is 0.647. The maximum Gasteiger partial charge on any atom is 0.192 e. The van der Waals surface area contributed by atoms with Gasteiger partial charge in [-0.25, -0.2) is 4.39 Å². The van der Waals surface area contributed by atoms with Crippen molar-refractivity contribution < 1.29 is 13.6 Å². The van der Waals surface area contributed by atoms with Crippen LogP contribution in [0.25, 0.3) is 0 Å². The zero-order chi connectivity index (χ0) is 16.5. The molecule has 0 saturated carbocycles. The van der Waals surface area contributed by atoms with Gasteiger partial charge in [0.05, 0.1) is 18.4 Å². The summed E-state index contributed by atoms with van der Waals surface area (Å²) in [5.41, 5.74) is 1.30. The van der Waals surface area contributed by atoms with Crippen LogP contribution >= 0.6 is 0 Å². The molecule has 22 heavy (non-hydrogen) atoms. The van der Waals surface area contributed by atoms with Gasteiger partial charge in [-0.1, -0.05) is 32.9 Å². The van der Waals surface area contributed by atoms with Gasteiger partial charge in [-0.3, -0.25) is 0 Å². The first kappa shape index (κ1) is 17.4. The first-order chi connectivity index (χ1) is 10.2. The number of hydrogen-bond donors (Lipinski definition) is 0. The van der Waals surface area contributed by atoms with E-state index in [-0.39, 0.29) is 17.0 Å². The normalized spacial score (nSPS) is 16.8. The van der Waals surface area contributed by atoms with Crippen molar-refractivity contribution in [1.29, 1.82) is 0 Å². The average Bonchev–Trinajstić information content (AvgIpc) is 2.36. The van der Waals surface area contributed by atoms with Gasteiger partial charge >= 0.3 is 0 Å². The highest BCUT2D eigenvalue weighted by Crippen LogP contribution is 2.37. The molecule has 0 radical (unpaired) electrons. The Morgan fingerprint density at radius 3 is 2.45 bits per heavy atom. The van der Waals surface area contributed by atoms with Crippen molar-refractivity contribution in [2.75, 3.05) is 25.1 Å². The van der Waals surface area contributed by atoms with Crippen LogP contribution in [0, 0.1) is 5.82 Å². The van der Waals surface area contributed by atoms with E-state index in [2.05, 4.69) is 33.9 Å². The van der Waals surface area contributed by atoms with Gasteiger partial charge in [-0.05, 0) is 24.2 Å². The summed E-state index contributed by atoms with van der Waals surface area (Å²) in [7, 11) is -0.170. The van der Waals surface area contributed by atoms with Crippen molar-refractivity contribution in [2.45, 2.75) is 51.6 Å². The number of anilines is 1. The molecule has 5 heteroatoms. The smallest absolute Gasteiger partial charge is 0.192 e. The Labute approximate surface area is 134 Å². The Kier molecular flexibility index (Phi) is 4.99. The summed E-state index contributed by atoms with van der Waals surface area (Å²) in [4.78, 5) is 2.01. The maximum absolute atomic E-state index is 14.7. The molecule has 0 unspecified atom stereocenters. The molecule has 1 saturated heterocycles. The average molecular weight is 326 g/mol. The zero-order valence-electron chi connectivity index (χ0n) is 14.6. The van der Waals surface area contributed by atoms with E-state index in [4.69, 9.17) is 9.16 Å². The Morgan fingerprint density at radius 1 is 1.27 bits per heavy atom. The molecule has 1 heterocycles. The van der Waals surface area contributed by atoms with E-state index in [0.29, 0.717) is 17.9 Å². The van der Waals surface area contributed by atoms with Gasteiger partial charge < -0.3 is 14.1 Å². The van der Waals surface area contributed by atoms with Crippen molar-refractivity contribution in [3.63, 3.8) is 0 Å². The lowest BCUT2D eigenvalue weighted by Crippen LogP contribution is -2.52. The summed E-state index contributed by atoms with van der Waals surface area (Å²) in [6, 6.07) is 5.56. The summed E-state index contributed by atoms with van der Waals surface area (Å²) in [6.45, 7) is 12.8. The van der Waals surface area contributed by atoms with Crippen molar-refractivity contribution in [2.24, 2.45) is 0 Å². The van der Waals surface area contributed by atoms with Gasteiger partial charge in [0.15, 0.2) is 14.1 Å². The van der Waals surface area contributed by atoms with Crippen LogP contribution in [0.2, 0.25) is 18.1 Å². The molecule has 0 atom stereocenters. The molecule has 3 nitrogen and oxygen atoms in total. The van der Waals surface area contributed by atoms with Gasteiger partial charge in [0.25, 0.3) is 0 Å². The van der Waals surface area contributed by atoms with Crippen LogP contribution in [-0.4, -0.2) is 34.6 Å². The van der Waals surface area contributed by atoms with E-state index in [9.17, 15) is 4.39 Å². The summed E-state index contributed by atoms with van der Waals surface area (Å²) in [6.07, 6.45) is 0.214. The predicted octanol–water partition coefficient (Wildman–Crippen LogP) is 4.18. The predicted molar refractivity (Wildman–Crippen MR) is 91.4 cm³/mol. The molecule has 1 aliphatic heterocycles. The highest BCUT2D eigenvalue weighted by Gasteiger charge is 2.37. The van der Waals surface area contributed by atoms with Crippen molar-refractivity contribution >= 4 is 14.0 Å². The number of methoxy groups -OCH3 is 1. The van der Waals surface area contributed by atoms with Crippen LogP contribution in [0.5, 0.6) is 0 Å². The van der Waals surface area contributed by atoms with E-state index in [1.54, 1.807) is 7.11 Å². The van der Waals surface area contributed by atoms with E-state index in [1.165, 1.54) is 0 Å². The van der Waals surface area contributed by atoms with Crippen molar-refractivity contribution in [3.8, 4) is 0 Å². The van der Waals surface area contributed by atoms with Gasteiger partial charge in [-0.15, -0.1) is 0 Å². The molecular weight excluding hydrogens is 297 g/mol. The molecule has 0 N–H and O–H groups in total. The molecule has 0 spiro atoms. The summed E-state index contributed by atoms with van der Waals surface area (Å²) >= 11 is 0. The fourth-order valence-electron chi connectivity index (χ4n) is 2.18. The number of hydrogen-bond acceptors (Lipinski definition) is 3. The van der Waals surface area contributed by atoms with E-state index >= 15 is 0 Å².